The van der Waals surface area contributed by atoms with Crippen molar-refractivity contribution in [2.75, 3.05) is 12.9 Å². The second kappa shape index (κ2) is 5.63. The molecular weight excluding hydrogens is 298 g/mol. The first-order valence-corrected chi connectivity index (χ1v) is 7.40. The minimum Gasteiger partial charge on any atom is -0.455 e. The molecule has 0 spiro atoms. The van der Waals surface area contributed by atoms with Crippen LogP contribution in [0.1, 0.15) is 10.4 Å². The predicted molar refractivity (Wildman–Crippen MR) is 74.2 cm³/mol. The maximum Gasteiger partial charge on any atom is 0.338 e. The third-order valence-corrected chi connectivity index (χ3v) is 4.91. The fourth-order valence-electron chi connectivity index (χ4n) is 2.45. The lowest BCUT2D eigenvalue weighted by Crippen LogP contribution is -2.30. The summed E-state index contributed by atoms with van der Waals surface area (Å²) in [5.74, 6) is 0.260. The minimum absolute atomic E-state index is 0.0259. The molecule has 8 heteroatoms. The average molecular weight is 311 g/mol. The third kappa shape index (κ3) is 2.61. The first-order valence-electron chi connectivity index (χ1n) is 6.35. The molecule has 2 bridgehead atoms. The maximum absolute atomic E-state index is 12.1. The Morgan fingerprint density at radius 2 is 2.14 bits per heavy atom. The van der Waals surface area contributed by atoms with Gasteiger partial charge in [0, 0.05) is 25.0 Å². The van der Waals surface area contributed by atoms with E-state index in [1.54, 1.807) is 18.9 Å². The topological polar surface area (TPSA) is 87.9 Å². The van der Waals surface area contributed by atoms with Gasteiger partial charge in [-0.15, -0.1) is 11.8 Å². The van der Waals surface area contributed by atoms with Crippen LogP contribution in [0.5, 0.6) is 0 Å². The molecule has 0 aromatic heterocycles. The molecule has 0 aliphatic carbocycles. The number of carbonyl (C=O) groups excluding carboxylic acids is 1. The molecule has 0 unspecified atom stereocenters. The van der Waals surface area contributed by atoms with Gasteiger partial charge in [0.15, 0.2) is 6.29 Å². The average Bonchev–Trinajstić information content (AvgIpc) is 3.04. The standard InChI is InChI=1S/C13H13NO6S/c1-18-13-11-10(9(19-13)6-21-11)20-12(15)7-2-4-8(5-3-7)14(16)17/h2-5,9-11,13H,6H2,1H3/t9-,10+,11+,13+/m1/s1. The lowest BCUT2D eigenvalue weighted by Gasteiger charge is -2.18. The highest BCUT2D eigenvalue weighted by molar-refractivity contribution is 8.00. The zero-order chi connectivity index (χ0) is 15.0. The number of nitro groups is 1. The number of esters is 1. The predicted octanol–water partition coefficient (Wildman–Crippen LogP) is 1.61. The van der Waals surface area contributed by atoms with E-state index in [1.807, 2.05) is 0 Å². The fraction of sp³-hybridized carbons (Fsp3) is 0.462. The van der Waals surface area contributed by atoms with Gasteiger partial charge in [-0.3, -0.25) is 10.1 Å². The summed E-state index contributed by atoms with van der Waals surface area (Å²) in [7, 11) is 1.56. The smallest absolute Gasteiger partial charge is 0.338 e. The molecule has 2 aliphatic rings. The van der Waals surface area contributed by atoms with E-state index in [4.69, 9.17) is 14.2 Å². The van der Waals surface area contributed by atoms with Gasteiger partial charge in [-0.05, 0) is 12.1 Å². The van der Waals surface area contributed by atoms with Crippen LogP contribution in [0.2, 0.25) is 0 Å². The van der Waals surface area contributed by atoms with E-state index in [0.29, 0.717) is 0 Å². The third-order valence-electron chi connectivity index (χ3n) is 3.51. The van der Waals surface area contributed by atoms with Gasteiger partial charge in [0.05, 0.1) is 15.7 Å². The Morgan fingerprint density at radius 1 is 1.43 bits per heavy atom. The van der Waals surface area contributed by atoms with Crippen molar-refractivity contribution < 1.29 is 23.9 Å². The van der Waals surface area contributed by atoms with Crippen LogP contribution in [0.25, 0.3) is 0 Å². The minimum atomic E-state index is -0.514. The first kappa shape index (κ1) is 14.3. The van der Waals surface area contributed by atoms with Crippen LogP contribution in [-0.4, -0.2) is 47.5 Å². The lowest BCUT2D eigenvalue weighted by molar-refractivity contribution is -0.384. The summed E-state index contributed by atoms with van der Waals surface area (Å²) < 4.78 is 16.3. The van der Waals surface area contributed by atoms with Gasteiger partial charge < -0.3 is 14.2 Å². The number of hydrogen-bond donors (Lipinski definition) is 0. The van der Waals surface area contributed by atoms with Gasteiger partial charge in [0.1, 0.15) is 12.2 Å². The summed E-state index contributed by atoms with van der Waals surface area (Å²) >= 11 is 1.66. The van der Waals surface area contributed by atoms with Crippen molar-refractivity contribution in [2.45, 2.75) is 23.7 Å². The summed E-state index contributed by atoms with van der Waals surface area (Å²) in [4.78, 5) is 22.2. The van der Waals surface area contributed by atoms with Crippen LogP contribution < -0.4 is 0 Å². The molecule has 0 amide bonds. The highest BCUT2D eigenvalue weighted by atomic mass is 32.2. The Hall–Kier alpha value is -1.64. The Morgan fingerprint density at radius 3 is 2.71 bits per heavy atom. The van der Waals surface area contributed by atoms with Crippen LogP contribution >= 0.6 is 11.8 Å². The highest BCUT2D eigenvalue weighted by Crippen LogP contribution is 2.42. The van der Waals surface area contributed by atoms with Gasteiger partial charge >= 0.3 is 5.97 Å². The highest BCUT2D eigenvalue weighted by Gasteiger charge is 2.53. The normalized spacial score (nSPS) is 30.3. The molecule has 2 saturated heterocycles. The number of nitro benzene ring substituents is 1. The molecule has 7 nitrogen and oxygen atoms in total. The lowest BCUT2D eigenvalue weighted by atomic mass is 10.2. The van der Waals surface area contributed by atoms with Gasteiger partial charge in [-0.1, -0.05) is 0 Å². The van der Waals surface area contributed by atoms with Crippen molar-refractivity contribution in [1.29, 1.82) is 0 Å². The number of methoxy groups -OCH3 is 1. The Balaban J connectivity index is 1.68. The van der Waals surface area contributed by atoms with Gasteiger partial charge in [0.2, 0.25) is 0 Å². The van der Waals surface area contributed by atoms with Crippen molar-refractivity contribution in [1.82, 2.24) is 0 Å². The number of rotatable bonds is 4. The first-order chi connectivity index (χ1) is 10.1. The van der Waals surface area contributed by atoms with E-state index in [1.165, 1.54) is 24.3 Å². The van der Waals surface area contributed by atoms with Crippen LogP contribution in [0.4, 0.5) is 5.69 Å². The van der Waals surface area contributed by atoms with Gasteiger partial charge in [-0.25, -0.2) is 4.79 Å². The van der Waals surface area contributed by atoms with Gasteiger partial charge in [-0.2, -0.15) is 0 Å². The van der Waals surface area contributed by atoms with Crippen molar-refractivity contribution in [2.24, 2.45) is 0 Å². The van der Waals surface area contributed by atoms with E-state index in [-0.39, 0.29) is 35.0 Å². The molecule has 0 saturated carbocycles. The summed E-state index contributed by atoms with van der Waals surface area (Å²) in [6, 6.07) is 5.34. The SMILES string of the molecule is CO[C@H]1O[C@@H]2CS[C@H]1[C@H]2OC(=O)c1ccc([N+](=O)[O-])cc1. The Labute approximate surface area is 124 Å². The molecule has 112 valence electrons. The number of nitrogens with zero attached hydrogens (tertiary/aromatic N) is 1. The van der Waals surface area contributed by atoms with E-state index < -0.39 is 10.9 Å². The Bertz CT molecular complexity index is 562. The summed E-state index contributed by atoms with van der Waals surface area (Å²) in [6.07, 6.45) is -0.863. The fourth-order valence-corrected chi connectivity index (χ4v) is 3.88. The maximum atomic E-state index is 12.1. The molecule has 21 heavy (non-hydrogen) atoms. The molecule has 2 heterocycles. The van der Waals surface area contributed by atoms with Gasteiger partial charge in [0.25, 0.3) is 5.69 Å². The number of hydrogen-bond acceptors (Lipinski definition) is 7. The van der Waals surface area contributed by atoms with E-state index >= 15 is 0 Å². The largest absolute Gasteiger partial charge is 0.455 e. The molecule has 0 radical (unpaired) electrons. The van der Waals surface area contributed by atoms with Crippen LogP contribution in [0.15, 0.2) is 24.3 Å². The number of non-ortho nitro benzene ring substituents is 1. The van der Waals surface area contributed by atoms with Crippen molar-refractivity contribution in [3.8, 4) is 0 Å². The summed E-state index contributed by atoms with van der Waals surface area (Å²) in [5, 5.41) is 10.6. The number of ether oxygens (including phenoxy) is 3. The molecule has 4 atom stereocenters. The van der Waals surface area contributed by atoms with Crippen LogP contribution in [-0.2, 0) is 14.2 Å². The number of thioether (sulfide) groups is 1. The molecule has 1 aromatic rings. The van der Waals surface area contributed by atoms with Crippen molar-refractivity contribution in [3.05, 3.63) is 39.9 Å². The van der Waals surface area contributed by atoms with E-state index in [2.05, 4.69) is 0 Å². The summed E-state index contributed by atoms with van der Waals surface area (Å²) in [5.41, 5.74) is 0.219. The molecule has 2 fully saturated rings. The quantitative estimate of drug-likeness (QED) is 0.474. The zero-order valence-electron chi connectivity index (χ0n) is 11.1. The Kier molecular flexibility index (Phi) is 3.83. The monoisotopic (exact) mass is 311 g/mol. The van der Waals surface area contributed by atoms with Crippen LogP contribution in [0.3, 0.4) is 0 Å². The second-order valence-corrected chi connectivity index (χ2v) is 5.96. The molecule has 2 aliphatic heterocycles. The molecule has 0 N–H and O–H groups in total. The van der Waals surface area contributed by atoms with E-state index in [9.17, 15) is 14.9 Å². The van der Waals surface area contributed by atoms with E-state index in [0.717, 1.165) is 5.75 Å². The second-order valence-electron chi connectivity index (χ2n) is 4.75. The molecule has 1 aromatic carbocycles. The van der Waals surface area contributed by atoms with Crippen molar-refractivity contribution >= 4 is 23.4 Å². The summed E-state index contributed by atoms with van der Waals surface area (Å²) in [6.45, 7) is 0. The number of carbonyl (C=O) groups is 1. The molecule has 3 rings (SSSR count). The van der Waals surface area contributed by atoms with Crippen molar-refractivity contribution in [3.63, 3.8) is 0 Å². The molecular formula is C13H13NO6S. The number of fused-ring (bicyclic) bond motifs is 2. The van der Waals surface area contributed by atoms with Crippen LogP contribution in [0, 0.1) is 10.1 Å². The zero-order valence-corrected chi connectivity index (χ0v) is 11.9. The number of benzene rings is 1.